The minimum absolute atomic E-state index is 0.0628. The standard InChI is InChI=1S/C17H13F3N6O3/c18-17(19,20)13-3-5-21-16(25-13)26-6-4-11(24-9-26)8-23-14(27)10-1-2-12(15(28)29)22-7-10/h1-5,7,9H,6,8H2,(H,23,27)(H,28,29). The first kappa shape index (κ1) is 19.9. The van der Waals surface area contributed by atoms with Gasteiger partial charge in [-0.25, -0.2) is 24.7 Å². The summed E-state index contributed by atoms with van der Waals surface area (Å²) in [6, 6.07) is 3.32. The summed E-state index contributed by atoms with van der Waals surface area (Å²) in [5.41, 5.74) is -0.579. The van der Waals surface area contributed by atoms with Gasteiger partial charge in [0.15, 0.2) is 0 Å². The van der Waals surface area contributed by atoms with Crippen LogP contribution in [0.1, 0.15) is 26.5 Å². The first-order valence-corrected chi connectivity index (χ1v) is 8.11. The van der Waals surface area contributed by atoms with Crippen molar-refractivity contribution in [1.82, 2.24) is 20.3 Å². The number of nitrogens with one attached hydrogen (secondary N) is 1. The topological polar surface area (TPSA) is 121 Å². The molecule has 0 radical (unpaired) electrons. The molecule has 0 saturated heterocycles. The van der Waals surface area contributed by atoms with Gasteiger partial charge in [-0.3, -0.25) is 9.69 Å². The van der Waals surface area contributed by atoms with Gasteiger partial charge in [-0.1, -0.05) is 0 Å². The van der Waals surface area contributed by atoms with E-state index in [0.29, 0.717) is 5.70 Å². The van der Waals surface area contributed by atoms with Crippen LogP contribution in [0.5, 0.6) is 0 Å². The molecule has 2 aromatic heterocycles. The van der Waals surface area contributed by atoms with Crippen LogP contribution in [0.2, 0.25) is 0 Å². The molecular formula is C17H13F3N6O3. The third-order valence-corrected chi connectivity index (χ3v) is 3.75. The SMILES string of the molecule is O=C(NCC1=CCN(c2nccc(C(F)(F)F)n2)C=N1)c1ccc(C(=O)O)nc1. The highest BCUT2D eigenvalue weighted by Gasteiger charge is 2.33. The van der Waals surface area contributed by atoms with E-state index in [4.69, 9.17) is 5.11 Å². The van der Waals surface area contributed by atoms with Gasteiger partial charge in [0.25, 0.3) is 5.91 Å². The molecule has 0 aromatic carbocycles. The zero-order valence-corrected chi connectivity index (χ0v) is 14.6. The molecular weight excluding hydrogens is 393 g/mol. The van der Waals surface area contributed by atoms with E-state index in [9.17, 15) is 22.8 Å². The van der Waals surface area contributed by atoms with Gasteiger partial charge < -0.3 is 10.4 Å². The second kappa shape index (κ2) is 8.04. The van der Waals surface area contributed by atoms with Gasteiger partial charge in [0.1, 0.15) is 11.4 Å². The molecule has 1 aliphatic heterocycles. The molecule has 3 heterocycles. The molecule has 9 nitrogen and oxygen atoms in total. The van der Waals surface area contributed by atoms with Crippen molar-refractivity contribution in [2.45, 2.75) is 6.18 Å². The van der Waals surface area contributed by atoms with Gasteiger partial charge in [0.05, 0.1) is 24.1 Å². The maximum absolute atomic E-state index is 12.7. The zero-order chi connectivity index (χ0) is 21.0. The van der Waals surface area contributed by atoms with Crippen LogP contribution in [0.25, 0.3) is 0 Å². The number of carbonyl (C=O) groups excluding carboxylic acids is 1. The third kappa shape index (κ3) is 4.91. The molecule has 0 saturated carbocycles. The number of pyridine rings is 1. The average molecular weight is 406 g/mol. The lowest BCUT2D eigenvalue weighted by atomic mass is 10.2. The van der Waals surface area contributed by atoms with Crippen LogP contribution in [-0.2, 0) is 6.18 Å². The third-order valence-electron chi connectivity index (χ3n) is 3.75. The van der Waals surface area contributed by atoms with Crippen molar-refractivity contribution in [3.8, 4) is 0 Å². The molecule has 0 aliphatic carbocycles. The first-order chi connectivity index (χ1) is 13.7. The number of anilines is 1. The Morgan fingerprint density at radius 1 is 1.21 bits per heavy atom. The van der Waals surface area contributed by atoms with E-state index in [1.807, 2.05) is 0 Å². The van der Waals surface area contributed by atoms with Crippen LogP contribution in [0.15, 0.2) is 47.4 Å². The summed E-state index contributed by atoms with van der Waals surface area (Å²) >= 11 is 0. The van der Waals surface area contributed by atoms with Crippen molar-refractivity contribution in [3.05, 3.63) is 59.3 Å². The number of carbonyl (C=O) groups is 2. The highest BCUT2D eigenvalue weighted by Crippen LogP contribution is 2.28. The van der Waals surface area contributed by atoms with Crippen molar-refractivity contribution >= 4 is 24.2 Å². The minimum Gasteiger partial charge on any atom is -0.477 e. The van der Waals surface area contributed by atoms with Crippen molar-refractivity contribution in [3.63, 3.8) is 0 Å². The monoisotopic (exact) mass is 406 g/mol. The number of carboxylic acids is 1. The van der Waals surface area contributed by atoms with E-state index >= 15 is 0 Å². The molecule has 0 unspecified atom stereocenters. The zero-order valence-electron chi connectivity index (χ0n) is 14.6. The van der Waals surface area contributed by atoms with Gasteiger partial charge >= 0.3 is 12.1 Å². The molecule has 150 valence electrons. The lowest BCUT2D eigenvalue weighted by Gasteiger charge is -2.20. The number of hydrogen-bond donors (Lipinski definition) is 2. The minimum atomic E-state index is -4.58. The highest BCUT2D eigenvalue weighted by atomic mass is 19.4. The molecule has 0 bridgehead atoms. The summed E-state index contributed by atoms with van der Waals surface area (Å²) in [7, 11) is 0. The van der Waals surface area contributed by atoms with Crippen molar-refractivity contribution in [2.24, 2.45) is 4.99 Å². The molecule has 2 N–H and O–H groups in total. The summed E-state index contributed by atoms with van der Waals surface area (Å²) in [6.07, 6.45) is 0.468. The molecule has 2 aromatic rings. The number of carboxylic acid groups (broad SMARTS) is 1. The van der Waals surface area contributed by atoms with Crippen molar-refractivity contribution < 1.29 is 27.9 Å². The number of hydrogen-bond acceptors (Lipinski definition) is 7. The Bertz CT molecular complexity index is 989. The van der Waals surface area contributed by atoms with Crippen LogP contribution in [0.4, 0.5) is 19.1 Å². The van der Waals surface area contributed by atoms with Crippen LogP contribution < -0.4 is 10.2 Å². The maximum atomic E-state index is 12.7. The lowest BCUT2D eigenvalue weighted by molar-refractivity contribution is -0.141. The Morgan fingerprint density at radius 3 is 2.59 bits per heavy atom. The summed E-state index contributed by atoms with van der Waals surface area (Å²) in [5.74, 6) is -1.82. The summed E-state index contributed by atoms with van der Waals surface area (Å²) < 4.78 is 38.2. The smallest absolute Gasteiger partial charge is 0.433 e. The number of halogens is 3. The fraction of sp³-hybridized carbons (Fsp3) is 0.176. The first-order valence-electron chi connectivity index (χ1n) is 8.11. The van der Waals surface area contributed by atoms with Crippen LogP contribution in [0.3, 0.4) is 0 Å². The number of aromatic nitrogens is 3. The number of aromatic carboxylic acids is 1. The Kier molecular flexibility index (Phi) is 5.52. The van der Waals surface area contributed by atoms with Gasteiger partial charge in [0.2, 0.25) is 5.95 Å². The molecule has 3 rings (SSSR count). The van der Waals surface area contributed by atoms with E-state index in [2.05, 4.69) is 25.3 Å². The number of aliphatic imine (C=N–C) groups is 1. The van der Waals surface area contributed by atoms with Crippen molar-refractivity contribution in [2.75, 3.05) is 18.0 Å². The predicted molar refractivity (Wildman–Crippen MR) is 94.5 cm³/mol. The summed E-state index contributed by atoms with van der Waals surface area (Å²) in [5, 5.41) is 11.4. The van der Waals surface area contributed by atoms with Gasteiger partial charge in [0, 0.05) is 18.9 Å². The van der Waals surface area contributed by atoms with Crippen LogP contribution in [0, 0.1) is 0 Å². The number of alkyl halides is 3. The highest BCUT2D eigenvalue weighted by molar-refractivity contribution is 5.95. The van der Waals surface area contributed by atoms with Crippen LogP contribution in [-0.4, -0.2) is 51.4 Å². The Hall–Kier alpha value is -3.83. The molecule has 1 aliphatic rings. The predicted octanol–water partition coefficient (Wildman–Crippen LogP) is 1.75. The molecule has 1 amide bonds. The molecule has 0 atom stereocenters. The van der Waals surface area contributed by atoms with E-state index in [-0.39, 0.29) is 30.3 Å². The van der Waals surface area contributed by atoms with Gasteiger partial charge in [-0.15, -0.1) is 0 Å². The maximum Gasteiger partial charge on any atom is 0.433 e. The van der Waals surface area contributed by atoms with Gasteiger partial charge in [-0.2, -0.15) is 13.2 Å². The average Bonchev–Trinajstić information content (AvgIpc) is 2.72. The number of amides is 1. The van der Waals surface area contributed by atoms with E-state index < -0.39 is 23.7 Å². The normalized spacial score (nSPS) is 13.8. The second-order valence-corrected chi connectivity index (χ2v) is 5.75. The Balaban J connectivity index is 1.57. The summed E-state index contributed by atoms with van der Waals surface area (Å²) in [6.45, 7) is 0.234. The molecule has 29 heavy (non-hydrogen) atoms. The van der Waals surface area contributed by atoms with Gasteiger partial charge in [-0.05, 0) is 24.3 Å². The Morgan fingerprint density at radius 2 is 2.00 bits per heavy atom. The largest absolute Gasteiger partial charge is 0.477 e. The molecule has 0 fully saturated rings. The number of nitrogens with zero attached hydrogens (tertiary/aromatic N) is 5. The van der Waals surface area contributed by atoms with E-state index in [1.54, 1.807) is 6.08 Å². The van der Waals surface area contributed by atoms with E-state index in [1.165, 1.54) is 23.4 Å². The summed E-state index contributed by atoms with van der Waals surface area (Å²) in [4.78, 5) is 39.2. The molecule has 12 heteroatoms. The fourth-order valence-corrected chi connectivity index (χ4v) is 2.27. The quantitative estimate of drug-likeness (QED) is 0.776. The van der Waals surface area contributed by atoms with Crippen molar-refractivity contribution in [1.29, 1.82) is 0 Å². The lowest BCUT2D eigenvalue weighted by Crippen LogP contribution is -2.30. The van der Waals surface area contributed by atoms with E-state index in [0.717, 1.165) is 18.5 Å². The number of rotatable bonds is 5. The fourth-order valence-electron chi connectivity index (χ4n) is 2.27. The second-order valence-electron chi connectivity index (χ2n) is 5.75. The Labute approximate surface area is 161 Å². The molecule has 0 spiro atoms. The van der Waals surface area contributed by atoms with Crippen LogP contribution >= 0.6 is 0 Å².